The number of aromatic nitrogens is 6. The highest BCUT2D eigenvalue weighted by Gasteiger charge is 2.45. The topological polar surface area (TPSA) is 237 Å². The SMILES string of the molecule is Nc1nc2c(ncn2[C@@H]2O[C@H](CO)C[C@H]2OP(O)(=S)OCC2O[C@@H](n3ccc4c(N)ccnc43)C[C@@H]2O[P+](=O)S)c(=O)[nH]1. The van der Waals surface area contributed by atoms with Crippen LogP contribution in [0.15, 0.2) is 35.6 Å². The van der Waals surface area contributed by atoms with Gasteiger partial charge in [-0.3, -0.25) is 14.3 Å². The first-order valence-electron chi connectivity index (χ1n) is 12.9. The molecule has 0 radical (unpaired) electrons. The van der Waals surface area contributed by atoms with Crippen molar-refractivity contribution in [3.8, 4) is 0 Å². The molecule has 2 aliphatic rings. The first-order valence-corrected chi connectivity index (χ1v) is 17.8. The number of fused-ring (bicyclic) bond motifs is 2. The summed E-state index contributed by atoms with van der Waals surface area (Å²) in [6.45, 7) is -4.59. The number of ether oxygens (including phenoxy) is 2. The van der Waals surface area contributed by atoms with Gasteiger partial charge >= 0.3 is 13.9 Å². The Hall–Kier alpha value is -2.54. The van der Waals surface area contributed by atoms with Gasteiger partial charge in [0.05, 0.1) is 25.6 Å². The summed E-state index contributed by atoms with van der Waals surface area (Å²) >= 11 is 9.19. The van der Waals surface area contributed by atoms with E-state index < -0.39 is 56.4 Å². The zero-order valence-electron chi connectivity index (χ0n) is 22.1. The van der Waals surface area contributed by atoms with Crippen LogP contribution < -0.4 is 17.0 Å². The lowest BCUT2D eigenvalue weighted by Crippen LogP contribution is -2.28. The summed E-state index contributed by atoms with van der Waals surface area (Å²) in [4.78, 5) is 38.3. The van der Waals surface area contributed by atoms with Crippen molar-refractivity contribution >= 4 is 71.8 Å². The number of aliphatic hydroxyl groups excluding tert-OH is 1. The number of aliphatic hydroxyl groups is 1. The molecule has 0 saturated carbocycles. The van der Waals surface area contributed by atoms with Crippen LogP contribution in [0, 0.1) is 0 Å². The van der Waals surface area contributed by atoms with Crippen molar-refractivity contribution in [1.82, 2.24) is 29.1 Å². The monoisotopic (exact) mass is 673 g/mol. The summed E-state index contributed by atoms with van der Waals surface area (Å²) in [5, 5.41) is 10.5. The van der Waals surface area contributed by atoms with E-state index in [0.29, 0.717) is 11.3 Å². The fraction of sp³-hybridized carbons (Fsp3) is 0.455. The summed E-state index contributed by atoms with van der Waals surface area (Å²) in [5.74, 6) is -0.134. The number of rotatable bonds is 10. The average Bonchev–Trinajstić information content (AvgIpc) is 3.72. The zero-order chi connectivity index (χ0) is 30.5. The number of aromatic amines is 1. The number of hydrogen-bond donors (Lipinski definition) is 6. The quantitative estimate of drug-likeness (QED) is 0.103. The number of thiol groups is 1. The molecule has 2 saturated heterocycles. The molecule has 43 heavy (non-hydrogen) atoms. The van der Waals surface area contributed by atoms with E-state index in [2.05, 4.69) is 32.2 Å². The third kappa shape index (κ3) is 6.21. The molecule has 3 unspecified atom stereocenters. The van der Waals surface area contributed by atoms with E-state index >= 15 is 0 Å². The maximum absolute atomic E-state index is 12.3. The molecule has 0 bridgehead atoms. The molecule has 8 atom stereocenters. The summed E-state index contributed by atoms with van der Waals surface area (Å²) in [6, 6.07) is 3.50. The number of H-pyrrole nitrogens is 1. The number of imidazole rings is 1. The van der Waals surface area contributed by atoms with E-state index in [1.54, 1.807) is 23.0 Å². The van der Waals surface area contributed by atoms with E-state index in [0.717, 1.165) is 5.39 Å². The van der Waals surface area contributed by atoms with Crippen LogP contribution in [0.5, 0.6) is 0 Å². The molecule has 6 heterocycles. The second-order valence-electron chi connectivity index (χ2n) is 9.86. The number of nitrogen functional groups attached to an aromatic ring is 2. The standard InChI is InChI=1S/C22H26N8O9P2S2/c23-12-1-3-25-18-11(12)2-4-29(18)16-6-13(38-40(33)42)15(37-16)8-35-41(34,43)39-14-5-10(7-31)36-21(14)30-9-26-17-19(30)27-22(24)28-20(17)32/h1-4,9-10,13-16,21,31H,5-8H2,(H6-,23,24,25,27,28,32,33,34,42,43)/p+1/t10-,13-,14+,15?,16+,21+,41?/m0/s1. The van der Waals surface area contributed by atoms with Crippen molar-refractivity contribution in [2.24, 2.45) is 0 Å². The van der Waals surface area contributed by atoms with Gasteiger partial charge in [-0.2, -0.15) is 4.98 Å². The molecular weight excluding hydrogens is 646 g/mol. The first kappa shape index (κ1) is 30.5. The Bertz CT molecular complexity index is 1790. The molecule has 4 aromatic rings. The van der Waals surface area contributed by atoms with Crippen molar-refractivity contribution in [2.45, 2.75) is 49.7 Å². The minimum atomic E-state index is -3.97. The van der Waals surface area contributed by atoms with Crippen LogP contribution in [-0.4, -0.2) is 76.7 Å². The second kappa shape index (κ2) is 12.1. The van der Waals surface area contributed by atoms with Gasteiger partial charge in [-0.05, 0) is 28.5 Å². The van der Waals surface area contributed by atoms with Crippen LogP contribution in [0.25, 0.3) is 22.2 Å². The van der Waals surface area contributed by atoms with Gasteiger partial charge in [0.15, 0.2) is 17.4 Å². The normalized spacial score (nSPS) is 27.7. The Kier molecular flexibility index (Phi) is 8.58. The van der Waals surface area contributed by atoms with Crippen molar-refractivity contribution in [3.05, 3.63) is 41.2 Å². The molecule has 21 heteroatoms. The zero-order valence-corrected chi connectivity index (χ0v) is 25.6. The molecule has 2 fully saturated rings. The van der Waals surface area contributed by atoms with Gasteiger partial charge in [-0.25, -0.2) is 9.97 Å². The van der Waals surface area contributed by atoms with E-state index in [9.17, 15) is 19.4 Å². The number of pyridine rings is 1. The minimum Gasteiger partial charge on any atom is -0.398 e. The lowest BCUT2D eigenvalue weighted by atomic mass is 10.2. The molecule has 230 valence electrons. The van der Waals surface area contributed by atoms with Gasteiger partial charge in [0.25, 0.3) is 5.56 Å². The Morgan fingerprint density at radius 1 is 1.21 bits per heavy atom. The number of anilines is 2. The highest BCUT2D eigenvalue weighted by molar-refractivity contribution is 8.39. The van der Waals surface area contributed by atoms with E-state index in [4.69, 9.17) is 46.3 Å². The maximum atomic E-state index is 12.3. The predicted molar refractivity (Wildman–Crippen MR) is 160 cm³/mol. The maximum Gasteiger partial charge on any atom is 0.582 e. The summed E-state index contributed by atoms with van der Waals surface area (Å²) in [7, 11) is -2.29. The van der Waals surface area contributed by atoms with Crippen molar-refractivity contribution in [2.75, 3.05) is 24.7 Å². The first-order chi connectivity index (χ1) is 20.5. The van der Waals surface area contributed by atoms with Crippen LogP contribution in [0.1, 0.15) is 25.3 Å². The second-order valence-corrected chi connectivity index (χ2v) is 14.3. The highest BCUT2D eigenvalue weighted by Crippen LogP contribution is 2.51. The lowest BCUT2D eigenvalue weighted by molar-refractivity contribution is -0.0526. The smallest absolute Gasteiger partial charge is 0.398 e. The molecule has 0 spiro atoms. The lowest BCUT2D eigenvalue weighted by Gasteiger charge is -2.25. The summed E-state index contributed by atoms with van der Waals surface area (Å²) in [6.07, 6.45) is 0.362. The molecule has 6 rings (SSSR count). The Morgan fingerprint density at radius 3 is 2.79 bits per heavy atom. The van der Waals surface area contributed by atoms with Crippen LogP contribution in [-0.2, 0) is 39.4 Å². The van der Waals surface area contributed by atoms with Crippen LogP contribution >= 0.6 is 26.2 Å². The molecular formula is C22H27N8O9P2S2+. The molecule has 4 aromatic heterocycles. The predicted octanol–water partition coefficient (Wildman–Crippen LogP) is 1.49. The van der Waals surface area contributed by atoms with E-state index in [1.165, 1.54) is 10.9 Å². The molecule has 2 aliphatic heterocycles. The van der Waals surface area contributed by atoms with Crippen molar-refractivity contribution in [1.29, 1.82) is 0 Å². The average molecular weight is 674 g/mol. The Labute approximate surface area is 253 Å². The molecule has 17 nitrogen and oxygen atoms in total. The van der Waals surface area contributed by atoms with Gasteiger partial charge in [-0.1, -0.05) is 0 Å². The van der Waals surface area contributed by atoms with E-state index in [1.807, 2.05) is 6.07 Å². The molecule has 0 aliphatic carbocycles. The van der Waals surface area contributed by atoms with Crippen molar-refractivity contribution in [3.63, 3.8) is 0 Å². The van der Waals surface area contributed by atoms with Gasteiger partial charge in [0, 0.05) is 36.3 Å². The van der Waals surface area contributed by atoms with Gasteiger partial charge in [0.1, 0.15) is 42.4 Å². The Morgan fingerprint density at radius 2 is 2.02 bits per heavy atom. The fourth-order valence-electron chi connectivity index (χ4n) is 5.23. The molecule has 0 amide bonds. The molecule has 7 N–H and O–H groups in total. The summed E-state index contributed by atoms with van der Waals surface area (Å²) < 4.78 is 44.1. The fourth-order valence-corrected chi connectivity index (χ4v) is 7.49. The van der Waals surface area contributed by atoms with Gasteiger partial charge in [-0.15, -0.1) is 4.52 Å². The largest absolute Gasteiger partial charge is 0.582 e. The Balaban J connectivity index is 1.18. The summed E-state index contributed by atoms with van der Waals surface area (Å²) in [5.41, 5.74) is 12.5. The van der Waals surface area contributed by atoms with Crippen LogP contribution in [0.2, 0.25) is 0 Å². The number of nitrogens with zero attached hydrogens (tertiary/aromatic N) is 5. The minimum absolute atomic E-state index is 0.0125. The number of nitrogens with two attached hydrogens (primary N) is 2. The van der Waals surface area contributed by atoms with E-state index in [-0.39, 0.29) is 43.2 Å². The van der Waals surface area contributed by atoms with Crippen molar-refractivity contribution < 1.29 is 37.6 Å². The van der Waals surface area contributed by atoms with Gasteiger partial charge < -0.3 is 44.6 Å². The molecule has 0 aromatic carbocycles. The van der Waals surface area contributed by atoms with Crippen LogP contribution in [0.4, 0.5) is 11.6 Å². The number of nitrogens with one attached hydrogen (secondary N) is 1. The third-order valence-electron chi connectivity index (χ3n) is 7.11. The highest BCUT2D eigenvalue weighted by atomic mass is 32.7. The van der Waals surface area contributed by atoms with Gasteiger partial charge in [0.2, 0.25) is 5.95 Å². The van der Waals surface area contributed by atoms with Crippen LogP contribution in [0.3, 0.4) is 0 Å². The number of hydrogen-bond acceptors (Lipinski definition) is 14. The third-order valence-corrected chi connectivity index (χ3v) is 9.43.